The minimum absolute atomic E-state index is 0.0168. The number of rotatable bonds is 8. The molecule has 0 bridgehead atoms. The number of carbonyl (C=O) groups excluding carboxylic acids is 2. The molecule has 0 aromatic heterocycles. The average Bonchev–Trinajstić information content (AvgIpc) is 3.06. The van der Waals surface area contributed by atoms with Crippen LogP contribution in [0.3, 0.4) is 0 Å². The van der Waals surface area contributed by atoms with Crippen LogP contribution in [0.15, 0.2) is 77.7 Å². The van der Waals surface area contributed by atoms with Gasteiger partial charge < -0.3 is 30.1 Å². The number of hydrogen-bond acceptors (Lipinski definition) is 7. The Balaban J connectivity index is 1.62. The molecule has 3 aromatic rings. The van der Waals surface area contributed by atoms with Crippen LogP contribution in [-0.4, -0.2) is 86.3 Å². The van der Waals surface area contributed by atoms with Crippen molar-refractivity contribution in [3.05, 3.63) is 84.2 Å². The predicted octanol–water partition coefficient (Wildman–Crippen LogP) is 5.59. The maximum absolute atomic E-state index is 14.3. The van der Waals surface area contributed by atoms with E-state index in [1.165, 1.54) is 28.4 Å². The van der Waals surface area contributed by atoms with Gasteiger partial charge in [-0.25, -0.2) is 17.6 Å². The third-order valence-corrected chi connectivity index (χ3v) is 10.1. The van der Waals surface area contributed by atoms with Gasteiger partial charge in [-0.3, -0.25) is 4.79 Å². The molecule has 3 aromatic carbocycles. The lowest BCUT2D eigenvalue weighted by Crippen LogP contribution is -2.48. The van der Waals surface area contributed by atoms with E-state index in [0.29, 0.717) is 36.6 Å². The zero-order valence-electron chi connectivity index (χ0n) is 27.8. The molecule has 4 atom stereocenters. The summed E-state index contributed by atoms with van der Waals surface area (Å²) in [4.78, 5) is 28.6. The number of likely N-dealkylation sites (N-methyl/N-ethyl adjacent to an activating group) is 1. The Morgan fingerprint density at radius 2 is 1.73 bits per heavy atom. The number of anilines is 2. The molecule has 0 radical (unpaired) electrons. The first-order chi connectivity index (χ1) is 22.9. The standard InChI is InChI=1S/C35H45FN4O7S/c1-24-21-40(25(2)23-41)34(42)31-20-29(38-35(43)37-28-11-6-5-7-12-28)15-18-32(31)47-26(3)10-8-9-19-46-33(24)22-39(4)48(44,45)30-16-13-27(36)14-17-30/h5-7,11-18,20,24-26,33,41H,8-10,19,21-23H2,1-4H3,(H2,37,38,43)/t24-,25-,26-,33-/m0/s1. The van der Waals surface area contributed by atoms with Gasteiger partial charge in [0.05, 0.1) is 35.3 Å². The van der Waals surface area contributed by atoms with Gasteiger partial charge in [-0.05, 0) is 87.7 Å². The van der Waals surface area contributed by atoms with Crippen LogP contribution in [0.5, 0.6) is 5.75 Å². The van der Waals surface area contributed by atoms with Gasteiger partial charge in [-0.15, -0.1) is 0 Å². The molecule has 48 heavy (non-hydrogen) atoms. The molecule has 0 fully saturated rings. The fraction of sp³-hybridized carbons (Fsp3) is 0.429. The summed E-state index contributed by atoms with van der Waals surface area (Å²) in [7, 11) is -2.52. The number of carbonyl (C=O) groups is 2. The quantitative estimate of drug-likeness (QED) is 0.282. The highest BCUT2D eigenvalue weighted by Crippen LogP contribution is 2.29. The second-order valence-electron chi connectivity index (χ2n) is 12.2. The summed E-state index contributed by atoms with van der Waals surface area (Å²) in [6.07, 6.45) is 1.28. The van der Waals surface area contributed by atoms with Gasteiger partial charge >= 0.3 is 6.03 Å². The van der Waals surface area contributed by atoms with Crippen LogP contribution in [0.25, 0.3) is 0 Å². The molecule has 3 amide bonds. The summed E-state index contributed by atoms with van der Waals surface area (Å²) >= 11 is 0. The zero-order chi connectivity index (χ0) is 34.8. The number of hydrogen-bond donors (Lipinski definition) is 3. The monoisotopic (exact) mass is 684 g/mol. The number of para-hydroxylation sites is 1. The van der Waals surface area contributed by atoms with Crippen molar-refractivity contribution < 1.29 is 37.0 Å². The highest BCUT2D eigenvalue weighted by Gasteiger charge is 2.32. The minimum atomic E-state index is -3.96. The van der Waals surface area contributed by atoms with E-state index in [-0.39, 0.29) is 42.2 Å². The van der Waals surface area contributed by atoms with Crippen molar-refractivity contribution >= 4 is 33.3 Å². The molecule has 1 heterocycles. The number of fused-ring (bicyclic) bond motifs is 1. The summed E-state index contributed by atoms with van der Waals surface area (Å²) in [6.45, 7) is 5.64. The molecule has 0 aliphatic carbocycles. The van der Waals surface area contributed by atoms with Crippen LogP contribution in [-0.2, 0) is 14.8 Å². The molecule has 3 N–H and O–H groups in total. The Morgan fingerprint density at radius 3 is 2.42 bits per heavy atom. The van der Waals surface area contributed by atoms with Crippen LogP contribution < -0.4 is 15.4 Å². The lowest BCUT2D eigenvalue weighted by molar-refractivity contribution is -0.00834. The Labute approximate surface area is 282 Å². The molecular weight excluding hydrogens is 639 g/mol. The van der Waals surface area contributed by atoms with Gasteiger partial charge in [0.2, 0.25) is 10.0 Å². The number of sulfonamides is 1. The van der Waals surface area contributed by atoms with Gasteiger partial charge in [0.1, 0.15) is 11.6 Å². The highest BCUT2D eigenvalue weighted by molar-refractivity contribution is 7.89. The van der Waals surface area contributed by atoms with Crippen LogP contribution in [0.2, 0.25) is 0 Å². The topological polar surface area (TPSA) is 138 Å². The maximum atomic E-state index is 14.3. The molecule has 1 aliphatic heterocycles. The number of ether oxygens (including phenoxy) is 2. The second-order valence-corrected chi connectivity index (χ2v) is 14.2. The smallest absolute Gasteiger partial charge is 0.323 e. The van der Waals surface area contributed by atoms with Crippen molar-refractivity contribution in [1.29, 1.82) is 0 Å². The van der Waals surface area contributed by atoms with Gasteiger partial charge in [0.25, 0.3) is 5.91 Å². The fourth-order valence-electron chi connectivity index (χ4n) is 5.42. The summed E-state index contributed by atoms with van der Waals surface area (Å²) in [5.41, 5.74) is 1.18. The van der Waals surface area contributed by atoms with Crippen molar-refractivity contribution in [1.82, 2.24) is 9.21 Å². The number of urea groups is 1. The van der Waals surface area contributed by atoms with Crippen LogP contribution in [0.1, 0.15) is 50.4 Å². The van der Waals surface area contributed by atoms with Crippen LogP contribution in [0.4, 0.5) is 20.6 Å². The Hall–Kier alpha value is -4.04. The maximum Gasteiger partial charge on any atom is 0.323 e. The molecule has 13 heteroatoms. The minimum Gasteiger partial charge on any atom is -0.490 e. The summed E-state index contributed by atoms with van der Waals surface area (Å²) in [6, 6.07) is 17.4. The molecule has 260 valence electrons. The van der Waals surface area contributed by atoms with Crippen molar-refractivity contribution in [2.45, 2.75) is 63.2 Å². The first kappa shape index (κ1) is 36.8. The van der Waals surface area contributed by atoms with Crippen LogP contribution in [0, 0.1) is 11.7 Å². The number of amides is 3. The first-order valence-electron chi connectivity index (χ1n) is 16.1. The summed E-state index contributed by atoms with van der Waals surface area (Å²) < 4.78 is 53.9. The van der Waals surface area contributed by atoms with E-state index in [2.05, 4.69) is 10.6 Å². The lowest BCUT2D eigenvalue weighted by atomic mass is 10.0. The molecule has 4 rings (SSSR count). The molecule has 0 spiro atoms. The molecule has 11 nitrogen and oxygen atoms in total. The molecule has 0 unspecified atom stereocenters. The van der Waals surface area contributed by atoms with Crippen molar-refractivity contribution in [3.63, 3.8) is 0 Å². The average molecular weight is 685 g/mol. The van der Waals surface area contributed by atoms with Gasteiger partial charge in [0.15, 0.2) is 0 Å². The second kappa shape index (κ2) is 16.9. The number of nitrogens with one attached hydrogen (secondary N) is 2. The lowest BCUT2D eigenvalue weighted by Gasteiger charge is -2.35. The third kappa shape index (κ3) is 9.75. The van der Waals surface area contributed by atoms with E-state index in [4.69, 9.17) is 9.47 Å². The van der Waals surface area contributed by atoms with Crippen molar-refractivity contribution in [2.24, 2.45) is 5.92 Å². The third-order valence-electron chi connectivity index (χ3n) is 8.30. The zero-order valence-corrected chi connectivity index (χ0v) is 28.6. The normalized spacial score (nSPS) is 20.3. The van der Waals surface area contributed by atoms with Gasteiger partial charge in [0, 0.05) is 44.0 Å². The number of halogens is 1. The number of benzene rings is 3. The van der Waals surface area contributed by atoms with E-state index in [1.807, 2.05) is 19.9 Å². The van der Waals surface area contributed by atoms with E-state index in [1.54, 1.807) is 49.4 Å². The molecule has 0 saturated carbocycles. The summed E-state index contributed by atoms with van der Waals surface area (Å²) in [5, 5.41) is 15.7. The predicted molar refractivity (Wildman–Crippen MR) is 182 cm³/mol. The van der Waals surface area contributed by atoms with E-state index in [0.717, 1.165) is 18.6 Å². The van der Waals surface area contributed by atoms with Crippen molar-refractivity contribution in [3.8, 4) is 5.75 Å². The number of nitrogens with zero attached hydrogens (tertiary/aromatic N) is 2. The van der Waals surface area contributed by atoms with E-state index >= 15 is 0 Å². The van der Waals surface area contributed by atoms with E-state index in [9.17, 15) is 27.5 Å². The molecule has 1 aliphatic rings. The van der Waals surface area contributed by atoms with Gasteiger partial charge in [-0.2, -0.15) is 4.31 Å². The largest absolute Gasteiger partial charge is 0.490 e. The Bertz CT molecular complexity index is 1630. The fourth-order valence-corrected chi connectivity index (χ4v) is 6.60. The Kier molecular flexibility index (Phi) is 12.9. The first-order valence-corrected chi connectivity index (χ1v) is 17.5. The molecule has 0 saturated heterocycles. The summed E-state index contributed by atoms with van der Waals surface area (Å²) in [5.74, 6) is -1.000. The Morgan fingerprint density at radius 1 is 1.04 bits per heavy atom. The van der Waals surface area contributed by atoms with Gasteiger partial charge in [-0.1, -0.05) is 25.1 Å². The number of aliphatic hydroxyl groups excluding tert-OH is 1. The van der Waals surface area contributed by atoms with Crippen molar-refractivity contribution in [2.75, 3.05) is 44.0 Å². The highest BCUT2D eigenvalue weighted by atomic mass is 32.2. The SMILES string of the molecule is C[C@H]1CCCCO[C@@H](CN(C)S(=O)(=O)c2ccc(F)cc2)[C@@H](C)CN([C@@H](C)CO)C(=O)c2cc(NC(=O)Nc3ccccc3)ccc2O1. The van der Waals surface area contributed by atoms with Crippen LogP contribution >= 0.6 is 0 Å². The molecular formula is C35H45FN4O7S. The number of aliphatic hydroxyl groups is 1. The van der Waals surface area contributed by atoms with E-state index < -0.39 is 39.9 Å².